The lowest BCUT2D eigenvalue weighted by Crippen LogP contribution is -2.66. The van der Waals surface area contributed by atoms with Crippen LogP contribution in [0.1, 0.15) is 271 Å². The van der Waals surface area contributed by atoms with E-state index in [9.17, 15) is 61.0 Å². The molecule has 522 valence electrons. The molecule has 3 saturated heterocycles. The summed E-state index contributed by atoms with van der Waals surface area (Å²) in [5, 5.41) is 121. The molecule has 3 fully saturated rings. The van der Waals surface area contributed by atoms with Crippen molar-refractivity contribution in [3.05, 3.63) is 36.5 Å². The number of ether oxygens (including phenoxy) is 6. The Morgan fingerprint density at radius 1 is 0.404 bits per heavy atom. The van der Waals surface area contributed by atoms with Crippen LogP contribution in [0, 0.1) is 0 Å². The van der Waals surface area contributed by atoms with E-state index in [1.165, 1.54) is 173 Å². The highest BCUT2D eigenvalue weighted by molar-refractivity contribution is 5.76. The maximum atomic E-state index is 13.4. The number of rotatable bonds is 55. The molecule has 3 heterocycles. The highest BCUT2D eigenvalue weighted by Crippen LogP contribution is 2.33. The second-order valence-corrected chi connectivity index (χ2v) is 25.7. The number of aliphatic hydroxyl groups excluding tert-OH is 11. The average Bonchev–Trinajstić information content (AvgIpc) is 2.46. The Kier molecular flexibility index (Phi) is 47.7. The number of amides is 1. The van der Waals surface area contributed by atoms with Crippen molar-refractivity contribution in [2.45, 2.75) is 375 Å². The Labute approximate surface area is 536 Å². The molecular weight excluding hydrogens is 1140 g/mol. The van der Waals surface area contributed by atoms with Crippen LogP contribution in [0.25, 0.3) is 0 Å². The predicted molar refractivity (Wildman–Crippen MR) is 346 cm³/mol. The molecule has 19 nitrogen and oxygen atoms in total. The molecule has 3 rings (SSSR count). The Morgan fingerprint density at radius 3 is 1.16 bits per heavy atom. The molecule has 3 aliphatic heterocycles. The lowest BCUT2D eigenvalue weighted by molar-refractivity contribution is -0.379. The fourth-order valence-corrected chi connectivity index (χ4v) is 12.1. The number of allylic oxidation sites excluding steroid dienone is 6. The summed E-state index contributed by atoms with van der Waals surface area (Å²) in [4.78, 5) is 13.4. The third-order valence-electron chi connectivity index (χ3n) is 18.0. The largest absolute Gasteiger partial charge is 0.394 e. The summed E-state index contributed by atoms with van der Waals surface area (Å²) in [5.41, 5.74) is 0. The summed E-state index contributed by atoms with van der Waals surface area (Å²) in [5.74, 6) is -0.243. The average molecular weight is 1270 g/mol. The fourth-order valence-electron chi connectivity index (χ4n) is 12.1. The monoisotopic (exact) mass is 1270 g/mol. The number of carbonyl (C=O) groups is 1. The maximum Gasteiger partial charge on any atom is 0.220 e. The van der Waals surface area contributed by atoms with E-state index in [1.807, 2.05) is 0 Å². The van der Waals surface area contributed by atoms with Gasteiger partial charge in [-0.3, -0.25) is 4.79 Å². The van der Waals surface area contributed by atoms with Crippen molar-refractivity contribution in [3.8, 4) is 0 Å². The highest BCUT2D eigenvalue weighted by Gasteiger charge is 2.53. The van der Waals surface area contributed by atoms with Crippen molar-refractivity contribution in [1.82, 2.24) is 5.32 Å². The van der Waals surface area contributed by atoms with Crippen molar-refractivity contribution in [3.63, 3.8) is 0 Å². The normalized spacial score (nSPS) is 28.4. The highest BCUT2D eigenvalue weighted by atomic mass is 16.8. The topological polar surface area (TPSA) is 307 Å². The second kappa shape index (κ2) is 52.3. The number of carbonyl (C=O) groups excluding carboxylic acids is 1. The van der Waals surface area contributed by atoms with Gasteiger partial charge in [0.1, 0.15) is 73.2 Å². The maximum absolute atomic E-state index is 13.4. The van der Waals surface area contributed by atoms with E-state index in [0.717, 1.165) is 64.2 Å². The van der Waals surface area contributed by atoms with Gasteiger partial charge < -0.3 is 89.9 Å². The van der Waals surface area contributed by atoms with Crippen LogP contribution < -0.4 is 5.32 Å². The van der Waals surface area contributed by atoms with Crippen molar-refractivity contribution < 1.29 is 89.4 Å². The van der Waals surface area contributed by atoms with Crippen LogP contribution in [0.15, 0.2) is 36.5 Å². The molecule has 0 spiro atoms. The van der Waals surface area contributed by atoms with Crippen molar-refractivity contribution in [2.24, 2.45) is 0 Å². The van der Waals surface area contributed by atoms with E-state index in [4.69, 9.17) is 28.4 Å². The Hall–Kier alpha value is -1.99. The summed E-state index contributed by atoms with van der Waals surface area (Å²) >= 11 is 0. The van der Waals surface area contributed by atoms with Gasteiger partial charge in [-0.05, 0) is 51.4 Å². The summed E-state index contributed by atoms with van der Waals surface area (Å²) < 4.78 is 34.4. The molecular formula is C70H129NO18. The minimum Gasteiger partial charge on any atom is -0.394 e. The smallest absolute Gasteiger partial charge is 0.220 e. The lowest BCUT2D eigenvalue weighted by Gasteiger charge is -2.48. The molecule has 12 N–H and O–H groups in total. The van der Waals surface area contributed by atoms with Gasteiger partial charge in [-0.15, -0.1) is 0 Å². The van der Waals surface area contributed by atoms with E-state index in [-0.39, 0.29) is 18.9 Å². The third-order valence-corrected chi connectivity index (χ3v) is 18.0. The van der Waals surface area contributed by atoms with Gasteiger partial charge in [-0.1, -0.05) is 249 Å². The van der Waals surface area contributed by atoms with E-state index < -0.39 is 124 Å². The van der Waals surface area contributed by atoms with Gasteiger partial charge in [0.05, 0.1) is 38.6 Å². The summed E-state index contributed by atoms with van der Waals surface area (Å²) in [6, 6.07) is -0.888. The SMILES string of the molecule is CCCCCCC/C=C\C/C=C\C/C=C\CCCCCCCCCCCCCCC(=O)NC(COC1OC(CO)C(OC2OC(CO)C(OC3OC(CO)C(O)C(O)C3O)C(O)C2O)C(O)C1O)C(O)CCCCCCCCCCCCCCCCCCC. The van der Waals surface area contributed by atoms with Crippen LogP contribution in [0.3, 0.4) is 0 Å². The van der Waals surface area contributed by atoms with E-state index in [2.05, 4.69) is 55.6 Å². The number of unbranched alkanes of at least 4 members (excludes halogenated alkanes) is 33. The molecule has 0 aromatic carbocycles. The van der Waals surface area contributed by atoms with E-state index in [0.29, 0.717) is 12.8 Å². The molecule has 17 unspecified atom stereocenters. The predicted octanol–water partition coefficient (Wildman–Crippen LogP) is 9.61. The van der Waals surface area contributed by atoms with Gasteiger partial charge in [0.2, 0.25) is 5.91 Å². The Balaban J connectivity index is 1.41. The molecule has 0 radical (unpaired) electrons. The minimum atomic E-state index is -1.97. The van der Waals surface area contributed by atoms with Crippen molar-refractivity contribution in [2.75, 3.05) is 26.4 Å². The first-order valence-electron chi connectivity index (χ1n) is 35.7. The summed E-state index contributed by atoms with van der Waals surface area (Å²) in [6.45, 7) is 1.81. The van der Waals surface area contributed by atoms with Gasteiger partial charge in [-0.25, -0.2) is 0 Å². The Bertz CT molecular complexity index is 1760. The number of aliphatic hydroxyl groups is 11. The zero-order chi connectivity index (χ0) is 64.7. The molecule has 17 atom stereocenters. The van der Waals surface area contributed by atoms with Crippen molar-refractivity contribution in [1.29, 1.82) is 0 Å². The quantitative estimate of drug-likeness (QED) is 0.0199. The molecule has 0 aromatic heterocycles. The summed E-state index contributed by atoms with van der Waals surface area (Å²) in [6.07, 6.45) is 33.6. The summed E-state index contributed by atoms with van der Waals surface area (Å²) in [7, 11) is 0. The number of hydrogen-bond acceptors (Lipinski definition) is 18. The molecule has 0 saturated carbocycles. The minimum absolute atomic E-state index is 0.243. The van der Waals surface area contributed by atoms with Gasteiger partial charge in [0.25, 0.3) is 0 Å². The van der Waals surface area contributed by atoms with Crippen LogP contribution in [0.4, 0.5) is 0 Å². The van der Waals surface area contributed by atoms with E-state index in [1.54, 1.807) is 0 Å². The Morgan fingerprint density at radius 2 is 0.742 bits per heavy atom. The molecule has 19 heteroatoms. The van der Waals surface area contributed by atoms with Crippen molar-refractivity contribution >= 4 is 5.91 Å². The lowest BCUT2D eigenvalue weighted by atomic mass is 9.96. The molecule has 0 aromatic rings. The first-order valence-corrected chi connectivity index (χ1v) is 35.7. The number of nitrogens with one attached hydrogen (secondary N) is 1. The standard InChI is InChI=1S/C70H129NO18/c1-3-5-7-9-11-13-15-17-19-21-22-23-24-25-26-27-28-29-30-32-34-36-38-40-42-44-46-48-58(76)71-53(54(75)47-45-43-41-39-37-35-33-31-20-18-16-14-12-10-8-6-4-2)52-84-68-64(82)61(79)66(56(50-73)86-68)89-70-65(83)62(80)67(57(51-74)87-70)88-69-63(81)60(78)59(77)55(49-72)85-69/h15,17,21-22,24-25,53-57,59-70,72-75,77-83H,3-14,16,18-20,23,26-52H2,1-2H3,(H,71,76)/b17-15-,22-21-,25-24-. The van der Waals surface area contributed by atoms with Crippen LogP contribution in [0.5, 0.6) is 0 Å². The van der Waals surface area contributed by atoms with Crippen LogP contribution in [-0.4, -0.2) is 193 Å². The first-order chi connectivity index (χ1) is 43.3. The first kappa shape index (κ1) is 81.2. The molecule has 3 aliphatic rings. The zero-order valence-corrected chi connectivity index (χ0v) is 55.2. The number of hydrogen-bond donors (Lipinski definition) is 12. The van der Waals surface area contributed by atoms with Gasteiger partial charge in [0, 0.05) is 6.42 Å². The van der Waals surface area contributed by atoms with Gasteiger partial charge in [0.15, 0.2) is 18.9 Å². The van der Waals surface area contributed by atoms with E-state index >= 15 is 0 Å². The van der Waals surface area contributed by atoms with Crippen LogP contribution in [-0.2, 0) is 33.2 Å². The van der Waals surface area contributed by atoms with Gasteiger partial charge in [-0.2, -0.15) is 0 Å². The molecule has 89 heavy (non-hydrogen) atoms. The molecule has 0 bridgehead atoms. The second-order valence-electron chi connectivity index (χ2n) is 25.7. The zero-order valence-electron chi connectivity index (χ0n) is 55.2. The van der Waals surface area contributed by atoms with Crippen LogP contribution in [0.2, 0.25) is 0 Å². The fraction of sp³-hybridized carbons (Fsp3) is 0.900. The third kappa shape index (κ3) is 34.3. The molecule has 1 amide bonds. The molecule has 0 aliphatic carbocycles. The van der Waals surface area contributed by atoms with Crippen LogP contribution >= 0.6 is 0 Å². The van der Waals surface area contributed by atoms with Gasteiger partial charge >= 0.3 is 0 Å².